The molecule has 140 valence electrons. The number of hydrogen-bond acceptors (Lipinski definition) is 3. The van der Waals surface area contributed by atoms with Crippen LogP contribution < -0.4 is 9.62 Å². The summed E-state index contributed by atoms with van der Waals surface area (Å²) in [6, 6.07) is 11.8. The molecule has 2 rings (SSSR count). The zero-order chi connectivity index (χ0) is 19.5. The number of benzene rings is 2. The summed E-state index contributed by atoms with van der Waals surface area (Å²) in [5.41, 5.74) is 1.82. The van der Waals surface area contributed by atoms with E-state index in [4.69, 9.17) is 23.2 Å². The molecule has 0 aliphatic rings. The van der Waals surface area contributed by atoms with Crippen LogP contribution in [0, 0.1) is 0 Å². The number of hydrogen-bond donors (Lipinski definition) is 1. The van der Waals surface area contributed by atoms with Crippen molar-refractivity contribution in [1.29, 1.82) is 0 Å². The molecule has 2 aromatic rings. The number of halogens is 2. The Morgan fingerprint density at radius 1 is 1.15 bits per heavy atom. The second kappa shape index (κ2) is 8.29. The Morgan fingerprint density at radius 3 is 2.38 bits per heavy atom. The fourth-order valence-corrected chi connectivity index (χ4v) is 3.93. The van der Waals surface area contributed by atoms with Crippen LogP contribution in [0.25, 0.3) is 0 Å². The molecule has 0 aliphatic carbocycles. The summed E-state index contributed by atoms with van der Waals surface area (Å²) in [6.45, 7) is 3.63. The lowest BCUT2D eigenvalue weighted by Crippen LogP contribution is -2.37. The maximum absolute atomic E-state index is 12.5. The van der Waals surface area contributed by atoms with Gasteiger partial charge in [0.1, 0.15) is 6.54 Å². The van der Waals surface area contributed by atoms with Crippen molar-refractivity contribution in [3.05, 3.63) is 58.1 Å². The van der Waals surface area contributed by atoms with E-state index in [-0.39, 0.29) is 16.6 Å². The van der Waals surface area contributed by atoms with Crippen molar-refractivity contribution in [3.63, 3.8) is 0 Å². The summed E-state index contributed by atoms with van der Waals surface area (Å²) in [5, 5.41) is 3.31. The van der Waals surface area contributed by atoms with Crippen molar-refractivity contribution in [3.8, 4) is 0 Å². The first kappa shape index (κ1) is 20.6. The molecule has 0 saturated carbocycles. The summed E-state index contributed by atoms with van der Waals surface area (Å²) >= 11 is 12.0. The van der Waals surface area contributed by atoms with E-state index in [9.17, 15) is 13.2 Å². The third-order valence-corrected chi connectivity index (χ3v) is 5.39. The average Bonchev–Trinajstić information content (AvgIpc) is 2.52. The van der Waals surface area contributed by atoms with E-state index >= 15 is 0 Å². The summed E-state index contributed by atoms with van der Waals surface area (Å²) < 4.78 is 25.3. The number of sulfonamides is 1. The normalized spacial score (nSPS) is 11.5. The molecular formula is C18H20Cl2N2O3S. The van der Waals surface area contributed by atoms with Crippen LogP contribution in [0.4, 0.5) is 11.4 Å². The predicted molar refractivity (Wildman–Crippen MR) is 108 cm³/mol. The summed E-state index contributed by atoms with van der Waals surface area (Å²) in [6.07, 6.45) is 1.02. The maximum Gasteiger partial charge on any atom is 0.245 e. The highest BCUT2D eigenvalue weighted by Crippen LogP contribution is 2.30. The molecule has 2 aromatic carbocycles. The van der Waals surface area contributed by atoms with Crippen LogP contribution in [0.2, 0.25) is 10.0 Å². The molecule has 26 heavy (non-hydrogen) atoms. The Hall–Kier alpha value is -1.76. The number of para-hydroxylation sites is 1. The van der Waals surface area contributed by atoms with Crippen molar-refractivity contribution in [2.45, 2.75) is 19.8 Å². The van der Waals surface area contributed by atoms with E-state index in [0.717, 1.165) is 16.1 Å². The van der Waals surface area contributed by atoms with E-state index in [1.54, 1.807) is 6.07 Å². The van der Waals surface area contributed by atoms with Crippen molar-refractivity contribution in [2.75, 3.05) is 22.4 Å². The Labute approximate surface area is 164 Å². The van der Waals surface area contributed by atoms with Gasteiger partial charge in [-0.25, -0.2) is 8.42 Å². The second-order valence-electron chi connectivity index (χ2n) is 6.16. The third-order valence-electron chi connectivity index (χ3n) is 3.72. The van der Waals surface area contributed by atoms with Gasteiger partial charge >= 0.3 is 0 Å². The van der Waals surface area contributed by atoms with Gasteiger partial charge in [-0.15, -0.1) is 0 Å². The molecule has 8 heteroatoms. The SMILES string of the molecule is CC(C)c1ccccc1NC(=O)CN(c1ccc(Cl)cc1Cl)S(C)(=O)=O. The first-order valence-corrected chi connectivity index (χ1v) is 10.5. The molecule has 0 aliphatic heterocycles. The lowest BCUT2D eigenvalue weighted by Gasteiger charge is -2.23. The molecule has 0 spiro atoms. The molecule has 0 unspecified atom stereocenters. The minimum atomic E-state index is -3.72. The fourth-order valence-electron chi connectivity index (χ4n) is 2.50. The summed E-state index contributed by atoms with van der Waals surface area (Å²) in [5.74, 6) is -0.252. The van der Waals surface area contributed by atoms with E-state index in [1.165, 1.54) is 18.2 Å². The maximum atomic E-state index is 12.5. The highest BCUT2D eigenvalue weighted by Gasteiger charge is 2.23. The van der Waals surface area contributed by atoms with Crippen molar-refractivity contribution >= 4 is 50.5 Å². The molecule has 5 nitrogen and oxygen atoms in total. The van der Waals surface area contributed by atoms with Gasteiger partial charge in [0.05, 0.1) is 17.0 Å². The van der Waals surface area contributed by atoms with Crippen LogP contribution in [0.15, 0.2) is 42.5 Å². The third kappa shape index (κ3) is 5.13. The zero-order valence-corrected chi connectivity index (χ0v) is 17.0. The van der Waals surface area contributed by atoms with E-state index in [1.807, 2.05) is 32.0 Å². The van der Waals surface area contributed by atoms with E-state index < -0.39 is 22.5 Å². The van der Waals surface area contributed by atoms with Crippen LogP contribution in [0.5, 0.6) is 0 Å². The van der Waals surface area contributed by atoms with Gasteiger partial charge in [0.15, 0.2) is 0 Å². The van der Waals surface area contributed by atoms with Crippen LogP contribution >= 0.6 is 23.2 Å². The molecular weight excluding hydrogens is 395 g/mol. The smallest absolute Gasteiger partial charge is 0.245 e. The van der Waals surface area contributed by atoms with Gasteiger partial charge in [0.2, 0.25) is 15.9 Å². The van der Waals surface area contributed by atoms with Gasteiger partial charge in [0, 0.05) is 10.7 Å². The molecule has 0 aromatic heterocycles. The second-order valence-corrected chi connectivity index (χ2v) is 8.91. The molecule has 1 amide bonds. The van der Waals surface area contributed by atoms with Gasteiger partial charge in [-0.2, -0.15) is 0 Å². The first-order chi connectivity index (χ1) is 12.1. The van der Waals surface area contributed by atoms with Gasteiger partial charge in [-0.3, -0.25) is 9.10 Å². The Balaban J connectivity index is 2.29. The zero-order valence-electron chi connectivity index (χ0n) is 14.7. The van der Waals surface area contributed by atoms with Crippen molar-refractivity contribution < 1.29 is 13.2 Å². The first-order valence-electron chi connectivity index (χ1n) is 7.91. The fraction of sp³-hybridized carbons (Fsp3) is 0.278. The minimum Gasteiger partial charge on any atom is -0.324 e. The number of carbonyl (C=O) groups is 1. The number of rotatable bonds is 6. The Morgan fingerprint density at radius 2 is 1.81 bits per heavy atom. The highest BCUT2D eigenvalue weighted by atomic mass is 35.5. The number of nitrogens with zero attached hydrogens (tertiary/aromatic N) is 1. The van der Waals surface area contributed by atoms with Crippen molar-refractivity contribution in [2.24, 2.45) is 0 Å². The lowest BCUT2D eigenvalue weighted by molar-refractivity contribution is -0.114. The summed E-state index contributed by atoms with van der Waals surface area (Å²) in [4.78, 5) is 12.5. The van der Waals surface area contributed by atoms with Crippen LogP contribution in [-0.4, -0.2) is 27.1 Å². The van der Waals surface area contributed by atoms with Crippen LogP contribution in [0.1, 0.15) is 25.3 Å². The minimum absolute atomic E-state index is 0.151. The molecule has 0 saturated heterocycles. The average molecular weight is 415 g/mol. The Kier molecular flexibility index (Phi) is 6.55. The van der Waals surface area contributed by atoms with E-state index in [0.29, 0.717) is 10.7 Å². The van der Waals surface area contributed by atoms with Gasteiger partial charge in [-0.05, 0) is 35.7 Å². The topological polar surface area (TPSA) is 66.5 Å². The monoisotopic (exact) mass is 414 g/mol. The molecule has 0 heterocycles. The van der Waals surface area contributed by atoms with Gasteiger partial charge in [0.25, 0.3) is 0 Å². The molecule has 0 atom stereocenters. The number of amides is 1. The number of carbonyl (C=O) groups excluding carboxylic acids is 1. The predicted octanol–water partition coefficient (Wildman–Crippen LogP) is 4.52. The highest BCUT2D eigenvalue weighted by molar-refractivity contribution is 7.92. The molecule has 0 bridgehead atoms. The molecule has 0 radical (unpaired) electrons. The number of nitrogens with one attached hydrogen (secondary N) is 1. The standard InChI is InChI=1S/C18H20Cl2N2O3S/c1-12(2)14-6-4-5-7-16(14)21-18(23)11-22(26(3,24)25)17-9-8-13(19)10-15(17)20/h4-10,12H,11H2,1-3H3,(H,21,23). The van der Waals surface area contributed by atoms with Crippen LogP contribution in [0.3, 0.4) is 0 Å². The van der Waals surface area contributed by atoms with Gasteiger partial charge in [-0.1, -0.05) is 55.2 Å². The van der Waals surface area contributed by atoms with Gasteiger partial charge < -0.3 is 5.32 Å². The Bertz CT molecular complexity index is 914. The number of anilines is 2. The largest absolute Gasteiger partial charge is 0.324 e. The lowest BCUT2D eigenvalue weighted by atomic mass is 10.0. The van der Waals surface area contributed by atoms with E-state index in [2.05, 4.69) is 5.32 Å². The summed E-state index contributed by atoms with van der Waals surface area (Å²) in [7, 11) is -3.72. The van der Waals surface area contributed by atoms with Crippen molar-refractivity contribution in [1.82, 2.24) is 0 Å². The quantitative estimate of drug-likeness (QED) is 0.754. The van der Waals surface area contributed by atoms with Crippen LogP contribution in [-0.2, 0) is 14.8 Å². The molecule has 1 N–H and O–H groups in total. The molecule has 0 fully saturated rings.